The normalized spacial score (nSPS) is 12.2. The molecule has 4 nitrogen and oxygen atoms in total. The van der Waals surface area contributed by atoms with Gasteiger partial charge < -0.3 is 14.9 Å². The summed E-state index contributed by atoms with van der Waals surface area (Å²) < 4.78 is 17.4. The van der Waals surface area contributed by atoms with Crippen LogP contribution in [0.15, 0.2) is 18.2 Å². The molecule has 1 aromatic carbocycles. The highest BCUT2D eigenvalue weighted by Crippen LogP contribution is 2.21. The van der Waals surface area contributed by atoms with Gasteiger partial charge in [0.2, 0.25) is 0 Å². The molecule has 0 aliphatic rings. The zero-order valence-electron chi connectivity index (χ0n) is 8.11. The maximum absolute atomic E-state index is 12.8. The number of aromatic hydroxyl groups is 1. The highest BCUT2D eigenvalue weighted by molar-refractivity contribution is 5.76. The largest absolute Gasteiger partial charge is 0.508 e. The van der Waals surface area contributed by atoms with E-state index in [9.17, 15) is 14.3 Å². The monoisotopic (exact) mass is 214 g/mol. The number of ether oxygens (including phenoxy) is 1. The summed E-state index contributed by atoms with van der Waals surface area (Å²) in [4.78, 5) is 11.1. The number of esters is 1. The van der Waals surface area contributed by atoms with Gasteiger partial charge in [-0.3, -0.25) is 0 Å². The van der Waals surface area contributed by atoms with E-state index in [-0.39, 0.29) is 17.9 Å². The molecule has 0 heterocycles. The van der Waals surface area contributed by atoms with Crippen LogP contribution in [0.4, 0.5) is 4.39 Å². The van der Waals surface area contributed by atoms with Gasteiger partial charge in [-0.2, -0.15) is 0 Å². The molecule has 0 bridgehead atoms. The van der Waals surface area contributed by atoms with Crippen LogP contribution in [-0.4, -0.2) is 22.8 Å². The topological polar surface area (TPSA) is 66.8 Å². The molecule has 0 aliphatic heterocycles. The first-order chi connectivity index (χ1) is 7.04. The minimum absolute atomic E-state index is 0.0362. The Labute approximate surface area is 85.9 Å². The highest BCUT2D eigenvalue weighted by Gasteiger charge is 2.19. The fourth-order valence-corrected chi connectivity index (χ4v) is 1.11. The fraction of sp³-hybridized carbons (Fsp3) is 0.300. The van der Waals surface area contributed by atoms with Gasteiger partial charge in [0, 0.05) is 6.07 Å². The highest BCUT2D eigenvalue weighted by atomic mass is 19.1. The predicted octanol–water partition coefficient (Wildman–Crippen LogP) is 1.13. The van der Waals surface area contributed by atoms with Gasteiger partial charge in [-0.05, 0) is 24.6 Å². The average Bonchev–Trinajstić information content (AvgIpc) is 2.15. The Bertz CT molecular complexity index is 344. The summed E-state index contributed by atoms with van der Waals surface area (Å²) in [6.45, 7) is 1.71. The third kappa shape index (κ3) is 2.92. The molecular weight excluding hydrogens is 203 g/mol. The van der Waals surface area contributed by atoms with E-state index in [0.717, 1.165) is 18.2 Å². The van der Waals surface area contributed by atoms with Crippen molar-refractivity contribution in [1.29, 1.82) is 0 Å². The van der Waals surface area contributed by atoms with Crippen LogP contribution in [0.2, 0.25) is 0 Å². The van der Waals surface area contributed by atoms with Crippen molar-refractivity contribution in [2.75, 3.05) is 6.61 Å². The minimum Gasteiger partial charge on any atom is -0.508 e. The van der Waals surface area contributed by atoms with Crippen molar-refractivity contribution in [2.24, 2.45) is 0 Å². The number of hydrogen-bond acceptors (Lipinski definition) is 4. The molecule has 2 N–H and O–H groups in total. The van der Waals surface area contributed by atoms with Crippen LogP contribution in [0.5, 0.6) is 5.75 Å². The molecule has 0 aromatic heterocycles. The molecule has 0 saturated heterocycles. The number of benzene rings is 1. The molecule has 0 spiro atoms. The Hall–Kier alpha value is -1.62. The maximum Gasteiger partial charge on any atom is 0.339 e. The number of aliphatic hydroxyl groups is 1. The number of halogens is 1. The predicted molar refractivity (Wildman–Crippen MR) is 49.7 cm³/mol. The second-order valence-corrected chi connectivity index (χ2v) is 2.90. The van der Waals surface area contributed by atoms with Crippen LogP contribution >= 0.6 is 0 Å². The van der Waals surface area contributed by atoms with E-state index in [4.69, 9.17) is 5.11 Å². The lowest BCUT2D eigenvalue weighted by atomic mass is 10.1. The lowest BCUT2D eigenvalue weighted by Crippen LogP contribution is -2.15. The minimum atomic E-state index is -1.58. The zero-order valence-corrected chi connectivity index (χ0v) is 8.11. The third-order valence-electron chi connectivity index (χ3n) is 1.73. The van der Waals surface area contributed by atoms with Gasteiger partial charge in [0.25, 0.3) is 0 Å². The molecule has 0 amide bonds. The fourth-order valence-electron chi connectivity index (χ4n) is 1.11. The first-order valence-corrected chi connectivity index (χ1v) is 4.38. The maximum atomic E-state index is 12.8. The van der Waals surface area contributed by atoms with E-state index in [1.807, 2.05) is 0 Å². The Kier molecular flexibility index (Phi) is 3.62. The number of phenolic OH excluding ortho intramolecular Hbond substituents is 1. The Morgan fingerprint density at radius 2 is 2.20 bits per heavy atom. The van der Waals surface area contributed by atoms with Gasteiger partial charge >= 0.3 is 5.97 Å². The van der Waals surface area contributed by atoms with Crippen LogP contribution in [0, 0.1) is 5.82 Å². The standard InChI is InChI=1S/C10H11FO4/c1-2-15-10(14)9(13)6-3-7(11)5-8(12)4-6/h3-5,9,12-13H,2H2,1H3. The molecule has 1 atom stereocenters. The van der Waals surface area contributed by atoms with Crippen molar-refractivity contribution in [3.8, 4) is 5.75 Å². The summed E-state index contributed by atoms with van der Waals surface area (Å²) >= 11 is 0. The summed E-state index contributed by atoms with van der Waals surface area (Å²) in [5.41, 5.74) is -0.0362. The first-order valence-electron chi connectivity index (χ1n) is 4.38. The number of carbonyl (C=O) groups is 1. The molecule has 15 heavy (non-hydrogen) atoms. The molecule has 5 heteroatoms. The smallest absolute Gasteiger partial charge is 0.339 e. The molecule has 0 radical (unpaired) electrons. The van der Waals surface area contributed by atoms with Crippen molar-refractivity contribution < 1.29 is 24.1 Å². The number of phenols is 1. The summed E-state index contributed by atoms with van der Waals surface area (Å²) in [5.74, 6) is -1.95. The lowest BCUT2D eigenvalue weighted by Gasteiger charge is -2.10. The molecule has 1 unspecified atom stereocenters. The molecule has 1 aromatic rings. The Balaban J connectivity index is 2.90. The van der Waals surface area contributed by atoms with E-state index >= 15 is 0 Å². The van der Waals surface area contributed by atoms with Crippen molar-refractivity contribution >= 4 is 5.97 Å². The molecule has 0 saturated carbocycles. The summed E-state index contributed by atoms with van der Waals surface area (Å²) in [6, 6.07) is 2.94. The number of hydrogen-bond donors (Lipinski definition) is 2. The second-order valence-electron chi connectivity index (χ2n) is 2.90. The van der Waals surface area contributed by atoms with Gasteiger partial charge in [0.05, 0.1) is 6.61 Å². The van der Waals surface area contributed by atoms with Gasteiger partial charge in [-0.15, -0.1) is 0 Å². The third-order valence-corrected chi connectivity index (χ3v) is 1.73. The van der Waals surface area contributed by atoms with E-state index < -0.39 is 17.9 Å². The second kappa shape index (κ2) is 4.75. The van der Waals surface area contributed by atoms with Crippen molar-refractivity contribution in [3.05, 3.63) is 29.6 Å². The zero-order chi connectivity index (χ0) is 11.4. The molecule has 0 fully saturated rings. The van der Waals surface area contributed by atoms with Gasteiger partial charge in [-0.1, -0.05) is 0 Å². The van der Waals surface area contributed by atoms with E-state index in [0.29, 0.717) is 0 Å². The van der Waals surface area contributed by atoms with Gasteiger partial charge in [0.15, 0.2) is 6.10 Å². The quantitative estimate of drug-likeness (QED) is 0.740. The van der Waals surface area contributed by atoms with Gasteiger partial charge in [0.1, 0.15) is 11.6 Å². The molecule has 1 rings (SSSR count). The van der Waals surface area contributed by atoms with Gasteiger partial charge in [-0.25, -0.2) is 9.18 Å². The van der Waals surface area contributed by atoms with Crippen LogP contribution in [0.1, 0.15) is 18.6 Å². The van der Waals surface area contributed by atoms with Crippen LogP contribution < -0.4 is 0 Å². The summed E-state index contributed by atoms with van der Waals surface area (Å²) in [5, 5.41) is 18.5. The van der Waals surface area contributed by atoms with Crippen LogP contribution in [-0.2, 0) is 9.53 Å². The Morgan fingerprint density at radius 1 is 1.53 bits per heavy atom. The van der Waals surface area contributed by atoms with Crippen molar-refractivity contribution in [1.82, 2.24) is 0 Å². The average molecular weight is 214 g/mol. The lowest BCUT2D eigenvalue weighted by molar-refractivity contribution is -0.153. The number of carbonyl (C=O) groups excluding carboxylic acids is 1. The van der Waals surface area contributed by atoms with Crippen LogP contribution in [0.3, 0.4) is 0 Å². The summed E-state index contributed by atoms with van der Waals surface area (Å²) in [7, 11) is 0. The molecular formula is C10H11FO4. The molecule has 82 valence electrons. The van der Waals surface area contributed by atoms with E-state index in [1.165, 1.54) is 0 Å². The van der Waals surface area contributed by atoms with E-state index in [1.54, 1.807) is 6.92 Å². The molecule has 0 aliphatic carbocycles. The van der Waals surface area contributed by atoms with Crippen molar-refractivity contribution in [2.45, 2.75) is 13.0 Å². The Morgan fingerprint density at radius 3 is 2.73 bits per heavy atom. The van der Waals surface area contributed by atoms with Crippen LogP contribution in [0.25, 0.3) is 0 Å². The SMILES string of the molecule is CCOC(=O)C(O)c1cc(O)cc(F)c1. The van der Waals surface area contributed by atoms with Crippen molar-refractivity contribution in [3.63, 3.8) is 0 Å². The number of rotatable bonds is 3. The van der Waals surface area contributed by atoms with E-state index in [2.05, 4.69) is 4.74 Å². The summed E-state index contributed by atoms with van der Waals surface area (Å²) in [6.07, 6.45) is -1.58. The first kappa shape index (κ1) is 11.5. The number of aliphatic hydroxyl groups excluding tert-OH is 1.